The maximum atomic E-state index is 14.3. The number of halogens is 6. The first-order valence-corrected chi connectivity index (χ1v) is 17.3. The van der Waals surface area contributed by atoms with Crippen LogP contribution >= 0.6 is 34.8 Å². The van der Waals surface area contributed by atoms with E-state index in [0.29, 0.717) is 15.9 Å². The lowest BCUT2D eigenvalue weighted by atomic mass is 9.95. The molecule has 1 unspecified atom stereocenters. The van der Waals surface area contributed by atoms with Crippen molar-refractivity contribution in [3.8, 4) is 0 Å². The van der Waals surface area contributed by atoms with E-state index in [2.05, 4.69) is 5.32 Å². The van der Waals surface area contributed by atoms with Crippen molar-refractivity contribution in [2.75, 3.05) is 10.8 Å². The number of carbonyl (C=O) groups excluding carboxylic acids is 2. The monoisotopic (exact) mass is 717 g/mol. The van der Waals surface area contributed by atoms with Crippen LogP contribution in [-0.4, -0.2) is 43.8 Å². The molecule has 0 heterocycles. The maximum absolute atomic E-state index is 14.3. The Labute approximate surface area is 281 Å². The number of sulfonamides is 1. The Balaban J connectivity index is 1.81. The highest BCUT2D eigenvalue weighted by atomic mass is 35.5. The molecule has 14 heteroatoms. The molecule has 1 atom stereocenters. The van der Waals surface area contributed by atoms with Crippen molar-refractivity contribution in [2.24, 2.45) is 0 Å². The van der Waals surface area contributed by atoms with Crippen molar-refractivity contribution in [1.82, 2.24) is 10.2 Å². The van der Waals surface area contributed by atoms with Gasteiger partial charge < -0.3 is 10.2 Å². The molecule has 0 aliphatic heterocycles. The third kappa shape index (κ3) is 8.48. The second-order valence-electron chi connectivity index (χ2n) is 11.0. The fourth-order valence-electron chi connectivity index (χ4n) is 5.43. The minimum Gasteiger partial charge on any atom is -0.352 e. The highest BCUT2D eigenvalue weighted by Gasteiger charge is 2.37. The van der Waals surface area contributed by atoms with Crippen LogP contribution in [0.1, 0.15) is 56.6 Å². The molecular formula is C32H33Cl3F3N3O4S. The van der Waals surface area contributed by atoms with E-state index < -0.39 is 51.9 Å². The molecule has 2 amide bonds. The molecule has 1 fully saturated rings. The van der Waals surface area contributed by atoms with Gasteiger partial charge in [0.25, 0.3) is 10.0 Å². The van der Waals surface area contributed by atoms with Gasteiger partial charge in [0.05, 0.1) is 21.2 Å². The second-order valence-corrected chi connectivity index (χ2v) is 14.1. The lowest BCUT2D eigenvalue weighted by Gasteiger charge is -2.35. The summed E-state index contributed by atoms with van der Waals surface area (Å²) in [6.45, 7) is 0.443. The largest absolute Gasteiger partial charge is 0.416 e. The number of anilines is 1. The van der Waals surface area contributed by atoms with Crippen LogP contribution < -0.4 is 9.62 Å². The summed E-state index contributed by atoms with van der Waals surface area (Å²) in [5, 5.41) is 3.11. The molecule has 0 bridgehead atoms. The Kier molecular flexibility index (Phi) is 11.9. The summed E-state index contributed by atoms with van der Waals surface area (Å²) in [6.07, 6.45) is -0.172. The standard InChI is InChI=1S/C32H33Cl3F3N3O4S/c1-2-28(31(43)39-22-10-5-3-6-11-22)40(19-24-25(33)14-9-15-26(24)34)30(42)20-41(46(44,45)23-12-7-4-8-13-23)29-18-21(32(36,37)38)16-17-27(29)35/h4,7-9,12-18,22,28H,2-3,5-6,10-11,19-20H2,1H3,(H,39,43). The Morgan fingerprint density at radius 2 is 1.54 bits per heavy atom. The highest BCUT2D eigenvalue weighted by Crippen LogP contribution is 2.38. The van der Waals surface area contributed by atoms with Crippen molar-refractivity contribution in [2.45, 2.75) is 75.1 Å². The smallest absolute Gasteiger partial charge is 0.352 e. The van der Waals surface area contributed by atoms with Crippen LogP contribution in [0.2, 0.25) is 15.1 Å². The van der Waals surface area contributed by atoms with Crippen LogP contribution in [0.15, 0.2) is 71.6 Å². The maximum Gasteiger partial charge on any atom is 0.416 e. The first kappa shape index (κ1) is 35.9. The first-order chi connectivity index (χ1) is 21.7. The van der Waals surface area contributed by atoms with E-state index in [-0.39, 0.29) is 39.0 Å². The van der Waals surface area contributed by atoms with E-state index in [9.17, 15) is 31.2 Å². The van der Waals surface area contributed by atoms with Crippen LogP contribution in [0.3, 0.4) is 0 Å². The number of amides is 2. The molecular weight excluding hydrogens is 686 g/mol. The zero-order valence-corrected chi connectivity index (χ0v) is 28.0. The van der Waals surface area contributed by atoms with Gasteiger partial charge in [-0.05, 0) is 61.7 Å². The summed E-state index contributed by atoms with van der Waals surface area (Å²) < 4.78 is 69.8. The van der Waals surface area contributed by atoms with E-state index in [1.54, 1.807) is 31.2 Å². The normalized spacial score (nSPS) is 14.8. The van der Waals surface area contributed by atoms with Crippen LogP contribution in [-0.2, 0) is 32.3 Å². The van der Waals surface area contributed by atoms with E-state index >= 15 is 0 Å². The van der Waals surface area contributed by atoms with Crippen molar-refractivity contribution in [3.63, 3.8) is 0 Å². The van der Waals surface area contributed by atoms with Crippen molar-refractivity contribution < 1.29 is 31.2 Å². The third-order valence-electron chi connectivity index (χ3n) is 7.88. The zero-order chi connectivity index (χ0) is 33.6. The van der Waals surface area contributed by atoms with Gasteiger partial charge in [-0.25, -0.2) is 8.42 Å². The van der Waals surface area contributed by atoms with Gasteiger partial charge >= 0.3 is 6.18 Å². The molecule has 1 N–H and O–H groups in total. The highest BCUT2D eigenvalue weighted by molar-refractivity contribution is 7.92. The van der Waals surface area contributed by atoms with Gasteiger partial charge in [-0.15, -0.1) is 0 Å². The fraction of sp³-hybridized carbons (Fsp3) is 0.375. The van der Waals surface area contributed by atoms with Gasteiger partial charge in [0.15, 0.2) is 0 Å². The van der Waals surface area contributed by atoms with Crippen LogP contribution in [0.25, 0.3) is 0 Å². The molecule has 4 rings (SSSR count). The van der Waals surface area contributed by atoms with E-state index in [1.165, 1.54) is 29.2 Å². The van der Waals surface area contributed by atoms with Gasteiger partial charge in [-0.2, -0.15) is 13.2 Å². The minimum absolute atomic E-state index is 0.0879. The number of alkyl halides is 3. The number of rotatable bonds is 11. The lowest BCUT2D eigenvalue weighted by molar-refractivity contribution is -0.140. The Bertz CT molecular complexity index is 1630. The molecule has 7 nitrogen and oxygen atoms in total. The van der Waals surface area contributed by atoms with Gasteiger partial charge in [-0.3, -0.25) is 13.9 Å². The fourth-order valence-corrected chi connectivity index (χ4v) is 7.66. The average Bonchev–Trinajstić information content (AvgIpc) is 3.01. The van der Waals surface area contributed by atoms with Crippen molar-refractivity contribution >= 4 is 62.3 Å². The predicted octanol–water partition coefficient (Wildman–Crippen LogP) is 8.12. The number of benzene rings is 3. The zero-order valence-electron chi connectivity index (χ0n) is 24.9. The van der Waals surface area contributed by atoms with Crippen LogP contribution in [0.5, 0.6) is 0 Å². The summed E-state index contributed by atoms with van der Waals surface area (Å²) in [4.78, 5) is 28.9. The molecule has 1 aliphatic carbocycles. The molecule has 46 heavy (non-hydrogen) atoms. The molecule has 0 aromatic heterocycles. The quantitative estimate of drug-likeness (QED) is 0.217. The number of carbonyl (C=O) groups is 2. The number of nitrogens with one attached hydrogen (secondary N) is 1. The van der Waals surface area contributed by atoms with Crippen molar-refractivity contribution in [3.05, 3.63) is 92.9 Å². The topological polar surface area (TPSA) is 86.8 Å². The summed E-state index contributed by atoms with van der Waals surface area (Å²) in [7, 11) is -4.65. The summed E-state index contributed by atoms with van der Waals surface area (Å²) in [6, 6.07) is 12.7. The molecule has 1 aliphatic rings. The number of hydrogen-bond acceptors (Lipinski definition) is 4. The number of hydrogen-bond donors (Lipinski definition) is 1. The second kappa shape index (κ2) is 15.3. The molecule has 0 saturated heterocycles. The predicted molar refractivity (Wildman–Crippen MR) is 174 cm³/mol. The molecule has 1 saturated carbocycles. The van der Waals surface area contributed by atoms with Gasteiger partial charge in [-0.1, -0.05) is 85.3 Å². The summed E-state index contributed by atoms with van der Waals surface area (Å²) in [5.41, 5.74) is -1.40. The SMILES string of the molecule is CCC(C(=O)NC1CCCCC1)N(Cc1c(Cl)cccc1Cl)C(=O)CN(c1cc(C(F)(F)F)ccc1Cl)S(=O)(=O)c1ccccc1. The molecule has 3 aromatic carbocycles. The minimum atomic E-state index is -4.83. The number of nitrogens with zero attached hydrogens (tertiary/aromatic N) is 2. The lowest BCUT2D eigenvalue weighted by Crippen LogP contribution is -2.54. The Hall–Kier alpha value is -2.99. The van der Waals surface area contributed by atoms with Crippen molar-refractivity contribution in [1.29, 1.82) is 0 Å². The summed E-state index contributed by atoms with van der Waals surface area (Å²) >= 11 is 19.2. The van der Waals surface area contributed by atoms with Crippen LogP contribution in [0, 0.1) is 0 Å². The average molecular weight is 719 g/mol. The Morgan fingerprint density at radius 1 is 0.913 bits per heavy atom. The summed E-state index contributed by atoms with van der Waals surface area (Å²) in [5.74, 6) is -1.32. The molecule has 248 valence electrons. The molecule has 0 spiro atoms. The van der Waals surface area contributed by atoms with E-state index in [4.69, 9.17) is 34.8 Å². The Morgan fingerprint density at radius 3 is 2.13 bits per heavy atom. The van der Waals surface area contributed by atoms with E-state index in [1.807, 2.05) is 0 Å². The van der Waals surface area contributed by atoms with Crippen LogP contribution in [0.4, 0.5) is 18.9 Å². The molecule has 3 aromatic rings. The first-order valence-electron chi connectivity index (χ1n) is 14.7. The third-order valence-corrected chi connectivity index (χ3v) is 10.7. The van der Waals surface area contributed by atoms with E-state index in [0.717, 1.165) is 44.2 Å². The van der Waals surface area contributed by atoms with Gasteiger partial charge in [0.2, 0.25) is 11.8 Å². The molecule has 0 radical (unpaired) electrons. The van der Waals surface area contributed by atoms with Gasteiger partial charge in [0.1, 0.15) is 12.6 Å². The van der Waals surface area contributed by atoms with Gasteiger partial charge in [0, 0.05) is 28.2 Å².